The van der Waals surface area contributed by atoms with Gasteiger partial charge >= 0.3 is 0 Å². The molecule has 0 fully saturated rings. The van der Waals surface area contributed by atoms with Gasteiger partial charge in [-0.2, -0.15) is 0 Å². The fourth-order valence-electron chi connectivity index (χ4n) is 2.67. The number of aromatic nitrogens is 3. The van der Waals surface area contributed by atoms with Crippen LogP contribution in [0.3, 0.4) is 0 Å². The maximum atomic E-state index is 12.8. The first-order chi connectivity index (χ1) is 13.5. The van der Waals surface area contributed by atoms with Crippen molar-refractivity contribution in [3.63, 3.8) is 0 Å². The largest absolute Gasteiger partial charge is 0.497 e. The van der Waals surface area contributed by atoms with E-state index in [9.17, 15) is 9.59 Å². The van der Waals surface area contributed by atoms with Crippen LogP contribution in [0.4, 0.5) is 5.95 Å². The fourth-order valence-corrected chi connectivity index (χ4v) is 2.67. The van der Waals surface area contributed by atoms with E-state index in [2.05, 4.69) is 15.3 Å². The summed E-state index contributed by atoms with van der Waals surface area (Å²) in [6.45, 7) is 2.05. The minimum atomic E-state index is -0.562. The highest BCUT2D eigenvalue weighted by atomic mass is 16.5. The van der Waals surface area contributed by atoms with Crippen LogP contribution in [0.1, 0.15) is 21.6 Å². The molecule has 1 amide bonds. The predicted molar refractivity (Wildman–Crippen MR) is 104 cm³/mol. The van der Waals surface area contributed by atoms with Crippen molar-refractivity contribution in [1.29, 1.82) is 0 Å². The van der Waals surface area contributed by atoms with E-state index in [4.69, 9.17) is 9.47 Å². The Labute approximate surface area is 161 Å². The van der Waals surface area contributed by atoms with Gasteiger partial charge in [-0.15, -0.1) is 0 Å². The highest BCUT2D eigenvalue weighted by Gasteiger charge is 2.14. The number of carbonyl (C=O) groups is 1. The Kier molecular flexibility index (Phi) is 5.69. The van der Waals surface area contributed by atoms with Crippen molar-refractivity contribution < 1.29 is 14.3 Å². The Hall–Kier alpha value is -3.68. The number of methoxy groups -OCH3 is 2. The maximum Gasteiger partial charge on any atom is 0.263 e. The van der Waals surface area contributed by atoms with Gasteiger partial charge in [0.2, 0.25) is 5.95 Å². The van der Waals surface area contributed by atoms with Crippen molar-refractivity contribution in [3.8, 4) is 11.5 Å². The molecule has 1 aromatic carbocycles. The van der Waals surface area contributed by atoms with Crippen LogP contribution in [-0.2, 0) is 6.54 Å². The van der Waals surface area contributed by atoms with Gasteiger partial charge in [-0.05, 0) is 42.8 Å². The standard InChI is InChI=1S/C20H20N4O4/c1-13-6-7-21-20(22-13)23-18(25)17-5-4-8-24(19(17)26)12-14-9-15(27-2)11-16(10-14)28-3/h4-11H,12H2,1-3H3,(H,21,22,23,25). The van der Waals surface area contributed by atoms with Gasteiger partial charge in [-0.1, -0.05) is 0 Å². The third-order valence-electron chi connectivity index (χ3n) is 4.05. The molecule has 0 saturated heterocycles. The zero-order valence-corrected chi connectivity index (χ0v) is 15.8. The highest BCUT2D eigenvalue weighted by Crippen LogP contribution is 2.22. The fraction of sp³-hybridized carbons (Fsp3) is 0.200. The second kappa shape index (κ2) is 8.34. The minimum absolute atomic E-state index is 0.00228. The summed E-state index contributed by atoms with van der Waals surface area (Å²) in [6.07, 6.45) is 3.16. The molecular weight excluding hydrogens is 360 g/mol. The lowest BCUT2D eigenvalue weighted by Gasteiger charge is -2.11. The molecule has 3 aromatic rings. The van der Waals surface area contributed by atoms with Crippen molar-refractivity contribution in [2.45, 2.75) is 13.5 Å². The number of pyridine rings is 1. The summed E-state index contributed by atoms with van der Waals surface area (Å²) >= 11 is 0. The van der Waals surface area contributed by atoms with Crippen LogP contribution >= 0.6 is 0 Å². The quantitative estimate of drug-likeness (QED) is 0.705. The maximum absolute atomic E-state index is 12.8. The van der Waals surface area contributed by atoms with Crippen LogP contribution in [0.2, 0.25) is 0 Å². The van der Waals surface area contributed by atoms with E-state index in [-0.39, 0.29) is 18.1 Å². The molecule has 144 valence electrons. The molecule has 8 heteroatoms. The number of hydrogen-bond donors (Lipinski definition) is 1. The van der Waals surface area contributed by atoms with Crippen LogP contribution in [0, 0.1) is 6.92 Å². The van der Waals surface area contributed by atoms with E-state index >= 15 is 0 Å². The third kappa shape index (κ3) is 4.35. The van der Waals surface area contributed by atoms with Gasteiger partial charge in [-0.3, -0.25) is 14.9 Å². The lowest BCUT2D eigenvalue weighted by Crippen LogP contribution is -2.29. The van der Waals surface area contributed by atoms with E-state index in [1.54, 1.807) is 45.5 Å². The van der Waals surface area contributed by atoms with Gasteiger partial charge in [0.1, 0.15) is 17.1 Å². The Morgan fingerprint density at radius 1 is 1.14 bits per heavy atom. The molecule has 0 atom stereocenters. The highest BCUT2D eigenvalue weighted by molar-refractivity contribution is 6.03. The Morgan fingerprint density at radius 3 is 2.50 bits per heavy atom. The number of ether oxygens (including phenoxy) is 2. The lowest BCUT2D eigenvalue weighted by atomic mass is 10.2. The molecule has 0 aliphatic heterocycles. The molecule has 0 spiro atoms. The lowest BCUT2D eigenvalue weighted by molar-refractivity contribution is 0.102. The number of aryl methyl sites for hydroxylation is 1. The molecule has 0 saturated carbocycles. The first kappa shape index (κ1) is 19.1. The Balaban J connectivity index is 1.87. The third-order valence-corrected chi connectivity index (χ3v) is 4.05. The zero-order valence-electron chi connectivity index (χ0n) is 15.8. The van der Waals surface area contributed by atoms with Crippen LogP contribution in [0.25, 0.3) is 0 Å². The van der Waals surface area contributed by atoms with Gasteiger partial charge in [0.15, 0.2) is 0 Å². The van der Waals surface area contributed by atoms with E-state index in [0.717, 1.165) is 5.56 Å². The summed E-state index contributed by atoms with van der Waals surface area (Å²) in [5.74, 6) is 0.825. The average Bonchev–Trinajstić information content (AvgIpc) is 2.69. The van der Waals surface area contributed by atoms with Crippen LogP contribution < -0.4 is 20.3 Å². The summed E-state index contributed by atoms with van der Waals surface area (Å²) in [4.78, 5) is 33.4. The Bertz CT molecular complexity index is 1040. The van der Waals surface area contributed by atoms with E-state index in [1.165, 1.54) is 16.8 Å². The van der Waals surface area contributed by atoms with E-state index in [0.29, 0.717) is 17.2 Å². The monoisotopic (exact) mass is 380 g/mol. The number of nitrogens with one attached hydrogen (secondary N) is 1. The molecule has 1 N–H and O–H groups in total. The zero-order chi connectivity index (χ0) is 20.1. The predicted octanol–water partition coefficient (Wildman–Crippen LogP) is 2.26. The van der Waals surface area contributed by atoms with Gasteiger partial charge in [0, 0.05) is 24.2 Å². The first-order valence-electron chi connectivity index (χ1n) is 8.52. The Morgan fingerprint density at radius 2 is 1.86 bits per heavy atom. The number of hydrogen-bond acceptors (Lipinski definition) is 6. The van der Waals surface area contributed by atoms with E-state index in [1.807, 2.05) is 12.1 Å². The number of benzene rings is 1. The molecule has 0 unspecified atom stereocenters. The second-order valence-corrected chi connectivity index (χ2v) is 6.05. The van der Waals surface area contributed by atoms with Crippen molar-refractivity contribution in [1.82, 2.24) is 14.5 Å². The normalized spacial score (nSPS) is 10.4. The number of rotatable bonds is 6. The van der Waals surface area contributed by atoms with Gasteiger partial charge in [0.25, 0.3) is 11.5 Å². The van der Waals surface area contributed by atoms with Gasteiger partial charge in [-0.25, -0.2) is 9.97 Å². The van der Waals surface area contributed by atoms with Crippen molar-refractivity contribution in [2.24, 2.45) is 0 Å². The topological polar surface area (TPSA) is 95.3 Å². The van der Waals surface area contributed by atoms with Gasteiger partial charge < -0.3 is 14.0 Å². The van der Waals surface area contributed by atoms with Crippen molar-refractivity contribution in [3.05, 3.63) is 76.0 Å². The van der Waals surface area contributed by atoms with Crippen LogP contribution in [-0.4, -0.2) is 34.7 Å². The summed E-state index contributed by atoms with van der Waals surface area (Å²) < 4.78 is 12.0. The number of nitrogens with zero attached hydrogens (tertiary/aromatic N) is 3. The minimum Gasteiger partial charge on any atom is -0.497 e. The van der Waals surface area contributed by atoms with E-state index < -0.39 is 11.5 Å². The molecular formula is C20H20N4O4. The summed E-state index contributed by atoms with van der Waals surface area (Å²) in [6, 6.07) is 10.2. The smallest absolute Gasteiger partial charge is 0.263 e. The molecule has 0 radical (unpaired) electrons. The second-order valence-electron chi connectivity index (χ2n) is 6.05. The molecule has 0 bridgehead atoms. The molecule has 28 heavy (non-hydrogen) atoms. The number of amides is 1. The number of carbonyl (C=O) groups excluding carboxylic acids is 1. The summed E-state index contributed by atoms with van der Waals surface area (Å²) in [5, 5.41) is 2.55. The van der Waals surface area contributed by atoms with Crippen LogP contribution in [0.5, 0.6) is 11.5 Å². The molecule has 3 rings (SSSR count). The molecule has 2 heterocycles. The summed E-state index contributed by atoms with van der Waals surface area (Å²) in [5.41, 5.74) is 1.09. The number of anilines is 1. The molecule has 0 aliphatic carbocycles. The van der Waals surface area contributed by atoms with Crippen LogP contribution in [0.15, 0.2) is 53.6 Å². The molecule has 0 aliphatic rings. The average molecular weight is 380 g/mol. The summed E-state index contributed by atoms with van der Waals surface area (Å²) in [7, 11) is 3.12. The van der Waals surface area contributed by atoms with Crippen molar-refractivity contribution in [2.75, 3.05) is 19.5 Å². The van der Waals surface area contributed by atoms with Gasteiger partial charge in [0.05, 0.1) is 20.8 Å². The van der Waals surface area contributed by atoms with Crippen molar-refractivity contribution >= 4 is 11.9 Å². The molecule has 2 aromatic heterocycles. The molecule has 8 nitrogen and oxygen atoms in total. The first-order valence-corrected chi connectivity index (χ1v) is 8.52. The SMILES string of the molecule is COc1cc(Cn2cccc(C(=O)Nc3nccc(C)n3)c2=O)cc(OC)c1.